The molecule has 1 saturated carbocycles. The summed E-state index contributed by atoms with van der Waals surface area (Å²) in [5, 5.41) is 3.73. The van der Waals surface area contributed by atoms with E-state index in [0.29, 0.717) is 17.3 Å². The molecule has 1 aliphatic carbocycles. The van der Waals surface area contributed by atoms with E-state index in [0.717, 1.165) is 42.1 Å². The first kappa shape index (κ1) is 24.6. The third kappa shape index (κ3) is 6.72. The van der Waals surface area contributed by atoms with Crippen LogP contribution in [0.3, 0.4) is 0 Å². The maximum Gasteiger partial charge on any atom is 0.261 e. The summed E-state index contributed by atoms with van der Waals surface area (Å²) in [4.78, 5) is 27.7. The van der Waals surface area contributed by atoms with E-state index in [9.17, 15) is 9.59 Å². The lowest BCUT2D eigenvalue weighted by molar-refractivity contribution is -0.142. The van der Waals surface area contributed by atoms with Crippen molar-refractivity contribution >= 4 is 39.3 Å². The van der Waals surface area contributed by atoms with E-state index in [1.807, 2.05) is 30.3 Å². The van der Waals surface area contributed by atoms with Crippen LogP contribution in [-0.2, 0) is 22.6 Å². The molecule has 0 saturated heterocycles. The molecule has 5 nitrogen and oxygen atoms in total. The number of rotatable bonds is 9. The summed E-state index contributed by atoms with van der Waals surface area (Å²) in [6.07, 6.45) is 5.17. The fourth-order valence-corrected chi connectivity index (χ4v) is 4.53. The molecule has 7 heteroatoms. The van der Waals surface area contributed by atoms with E-state index >= 15 is 0 Å². The number of halogens is 2. The Morgan fingerprint density at radius 1 is 1.16 bits per heavy atom. The Hall–Kier alpha value is -2.05. The number of hydrogen-bond acceptors (Lipinski definition) is 3. The van der Waals surface area contributed by atoms with Gasteiger partial charge in [0, 0.05) is 17.6 Å². The molecule has 0 aliphatic heterocycles. The predicted octanol–water partition coefficient (Wildman–Crippen LogP) is 5.52. The molecule has 0 aromatic heterocycles. The Labute approximate surface area is 203 Å². The molecule has 32 heavy (non-hydrogen) atoms. The van der Waals surface area contributed by atoms with Crippen molar-refractivity contribution in [1.29, 1.82) is 0 Å². The number of hydrogen-bond donors (Lipinski definition) is 1. The Morgan fingerprint density at radius 3 is 2.44 bits per heavy atom. The number of ether oxygens (including phenoxy) is 1. The Morgan fingerprint density at radius 2 is 1.81 bits per heavy atom. The number of carbonyl (C=O) groups excluding carboxylic acids is 2. The second-order valence-corrected chi connectivity index (χ2v) is 9.51. The van der Waals surface area contributed by atoms with Gasteiger partial charge in [0.1, 0.15) is 11.8 Å². The van der Waals surface area contributed by atoms with Crippen molar-refractivity contribution in [2.24, 2.45) is 0 Å². The van der Waals surface area contributed by atoms with Crippen molar-refractivity contribution in [3.05, 3.63) is 63.1 Å². The van der Waals surface area contributed by atoms with Crippen LogP contribution in [0.25, 0.3) is 0 Å². The molecule has 2 aromatic carbocycles. The highest BCUT2D eigenvalue weighted by atomic mass is 79.9. The SMILES string of the molecule is CCc1ccc(OCC(=O)N(Cc2ccc(Cl)cc2)C(C)C(=O)NC2CCCC2)c(Br)c1. The molecule has 0 spiro atoms. The molecule has 172 valence electrons. The molecule has 1 fully saturated rings. The van der Waals surface area contributed by atoms with E-state index < -0.39 is 6.04 Å². The molecule has 1 unspecified atom stereocenters. The van der Waals surface area contributed by atoms with Gasteiger partial charge in [-0.3, -0.25) is 9.59 Å². The van der Waals surface area contributed by atoms with Crippen LogP contribution in [0.1, 0.15) is 50.7 Å². The average molecular weight is 522 g/mol. The highest BCUT2D eigenvalue weighted by Crippen LogP contribution is 2.26. The number of carbonyl (C=O) groups is 2. The molecule has 0 bridgehead atoms. The maximum absolute atomic E-state index is 13.2. The smallest absolute Gasteiger partial charge is 0.261 e. The zero-order valence-electron chi connectivity index (χ0n) is 18.6. The predicted molar refractivity (Wildman–Crippen MR) is 131 cm³/mol. The summed E-state index contributed by atoms with van der Waals surface area (Å²) >= 11 is 9.51. The van der Waals surface area contributed by atoms with Crippen molar-refractivity contribution in [1.82, 2.24) is 10.2 Å². The minimum Gasteiger partial charge on any atom is -0.483 e. The molecule has 2 aromatic rings. The van der Waals surface area contributed by atoms with E-state index in [1.165, 1.54) is 5.56 Å². The van der Waals surface area contributed by atoms with Crippen molar-refractivity contribution in [3.8, 4) is 5.75 Å². The zero-order chi connectivity index (χ0) is 23.1. The highest BCUT2D eigenvalue weighted by Gasteiger charge is 2.28. The second-order valence-electron chi connectivity index (χ2n) is 8.22. The summed E-state index contributed by atoms with van der Waals surface area (Å²) in [6, 6.07) is 12.7. The first-order valence-corrected chi connectivity index (χ1v) is 12.3. The van der Waals surface area contributed by atoms with Crippen LogP contribution in [0, 0.1) is 0 Å². The molecular weight excluding hydrogens is 492 g/mol. The van der Waals surface area contributed by atoms with Crippen LogP contribution in [0.15, 0.2) is 46.9 Å². The summed E-state index contributed by atoms with van der Waals surface area (Å²) in [5.74, 6) is 0.221. The van der Waals surface area contributed by atoms with Gasteiger partial charge in [0.15, 0.2) is 6.61 Å². The number of nitrogens with one attached hydrogen (secondary N) is 1. The van der Waals surface area contributed by atoms with Crippen LogP contribution in [0.4, 0.5) is 0 Å². The minimum atomic E-state index is -0.617. The van der Waals surface area contributed by atoms with Gasteiger partial charge in [-0.2, -0.15) is 0 Å². The monoisotopic (exact) mass is 520 g/mol. The van der Waals surface area contributed by atoms with Crippen LogP contribution >= 0.6 is 27.5 Å². The van der Waals surface area contributed by atoms with Crippen molar-refractivity contribution in [2.75, 3.05) is 6.61 Å². The Bertz CT molecular complexity index is 929. The topological polar surface area (TPSA) is 58.6 Å². The fraction of sp³-hybridized carbons (Fsp3) is 0.440. The number of amides is 2. The van der Waals surface area contributed by atoms with Gasteiger partial charge in [0.25, 0.3) is 5.91 Å². The summed E-state index contributed by atoms with van der Waals surface area (Å²) in [6.45, 7) is 4.00. The fourth-order valence-electron chi connectivity index (χ4n) is 3.86. The minimum absolute atomic E-state index is 0.132. The number of aryl methyl sites for hydroxylation is 1. The first-order chi connectivity index (χ1) is 15.4. The largest absolute Gasteiger partial charge is 0.483 e. The molecule has 2 amide bonds. The molecule has 1 atom stereocenters. The third-order valence-corrected chi connectivity index (χ3v) is 6.76. The number of benzene rings is 2. The summed E-state index contributed by atoms with van der Waals surface area (Å²) in [7, 11) is 0. The Kier molecular flexibility index (Phi) is 9.00. The van der Waals surface area contributed by atoms with Gasteiger partial charge in [-0.15, -0.1) is 0 Å². The van der Waals surface area contributed by atoms with Gasteiger partial charge in [-0.05, 0) is 77.5 Å². The van der Waals surface area contributed by atoms with E-state index in [4.69, 9.17) is 16.3 Å². The van der Waals surface area contributed by atoms with E-state index in [1.54, 1.807) is 24.0 Å². The van der Waals surface area contributed by atoms with Crippen LogP contribution < -0.4 is 10.1 Å². The maximum atomic E-state index is 13.2. The standard InChI is InChI=1S/C25H30BrClN2O3/c1-3-18-10-13-23(22(26)14-18)32-16-24(30)29(15-19-8-11-20(27)12-9-19)17(2)25(31)28-21-6-4-5-7-21/h8-14,17,21H,3-7,15-16H2,1-2H3,(H,28,31). The lowest BCUT2D eigenvalue weighted by Crippen LogP contribution is -2.50. The van der Waals surface area contributed by atoms with Crippen molar-refractivity contribution in [3.63, 3.8) is 0 Å². The Balaban J connectivity index is 1.71. The average Bonchev–Trinajstić information content (AvgIpc) is 3.30. The van der Waals surface area contributed by atoms with Gasteiger partial charge in [0.2, 0.25) is 5.91 Å². The zero-order valence-corrected chi connectivity index (χ0v) is 20.9. The normalized spacial score (nSPS) is 14.8. The lowest BCUT2D eigenvalue weighted by atomic mass is 10.1. The van der Waals surface area contributed by atoms with Gasteiger partial charge in [-0.1, -0.05) is 49.6 Å². The molecule has 1 aliphatic rings. The van der Waals surface area contributed by atoms with Crippen LogP contribution in [0.5, 0.6) is 5.75 Å². The van der Waals surface area contributed by atoms with Gasteiger partial charge >= 0.3 is 0 Å². The highest BCUT2D eigenvalue weighted by molar-refractivity contribution is 9.10. The van der Waals surface area contributed by atoms with Gasteiger partial charge in [-0.25, -0.2) is 0 Å². The van der Waals surface area contributed by atoms with Gasteiger partial charge in [0.05, 0.1) is 4.47 Å². The van der Waals surface area contributed by atoms with Crippen molar-refractivity contribution in [2.45, 2.75) is 64.6 Å². The lowest BCUT2D eigenvalue weighted by Gasteiger charge is -2.29. The number of nitrogens with zero attached hydrogens (tertiary/aromatic N) is 1. The quantitative estimate of drug-likeness (QED) is 0.473. The molecule has 0 radical (unpaired) electrons. The van der Waals surface area contributed by atoms with Crippen LogP contribution in [0.2, 0.25) is 5.02 Å². The molecular formula is C25H30BrClN2O3. The molecule has 3 rings (SSSR count). The second kappa shape index (κ2) is 11.7. The summed E-state index contributed by atoms with van der Waals surface area (Å²) in [5.41, 5.74) is 2.08. The van der Waals surface area contributed by atoms with Crippen LogP contribution in [-0.4, -0.2) is 35.4 Å². The first-order valence-electron chi connectivity index (χ1n) is 11.1. The molecule has 1 N–H and O–H groups in total. The third-order valence-electron chi connectivity index (χ3n) is 5.89. The van der Waals surface area contributed by atoms with Crippen molar-refractivity contribution < 1.29 is 14.3 Å². The summed E-state index contributed by atoms with van der Waals surface area (Å²) < 4.78 is 6.61. The van der Waals surface area contributed by atoms with E-state index in [2.05, 4.69) is 28.2 Å². The van der Waals surface area contributed by atoms with Gasteiger partial charge < -0.3 is 15.0 Å². The molecule has 0 heterocycles. The van der Waals surface area contributed by atoms with E-state index in [-0.39, 0.29) is 24.5 Å².